The molecular formula is C25H23N5O2. The smallest absolute Gasteiger partial charge is 0.253 e. The number of fused-ring (bicyclic) bond motifs is 3. The van der Waals surface area contributed by atoms with Gasteiger partial charge in [0.1, 0.15) is 6.04 Å². The van der Waals surface area contributed by atoms with Gasteiger partial charge in [0.2, 0.25) is 11.9 Å². The number of pyridine rings is 1. The summed E-state index contributed by atoms with van der Waals surface area (Å²) in [5, 5.41) is 2.98. The maximum atomic E-state index is 13.4. The number of anilines is 2. The van der Waals surface area contributed by atoms with Crippen LogP contribution in [0.25, 0.3) is 11.0 Å². The van der Waals surface area contributed by atoms with Crippen molar-refractivity contribution in [2.75, 3.05) is 10.2 Å². The van der Waals surface area contributed by atoms with Crippen LogP contribution in [-0.2, 0) is 16.1 Å². The summed E-state index contributed by atoms with van der Waals surface area (Å²) in [5.41, 5.74) is 5.35. The molecule has 7 nitrogen and oxygen atoms in total. The van der Waals surface area contributed by atoms with E-state index < -0.39 is 6.04 Å². The second-order valence-electron chi connectivity index (χ2n) is 8.14. The Hall–Kier alpha value is -4.00. The zero-order valence-corrected chi connectivity index (χ0v) is 17.9. The van der Waals surface area contributed by atoms with Gasteiger partial charge in [0.15, 0.2) is 0 Å². The Labute approximate surface area is 185 Å². The summed E-state index contributed by atoms with van der Waals surface area (Å²) in [6.07, 6.45) is 3.47. The molecule has 4 aromatic rings. The number of aromatic nitrogens is 3. The van der Waals surface area contributed by atoms with E-state index in [2.05, 4.69) is 10.3 Å². The molecule has 1 atom stereocenters. The number of rotatable bonds is 5. The van der Waals surface area contributed by atoms with Crippen LogP contribution in [0.5, 0.6) is 0 Å². The van der Waals surface area contributed by atoms with Crippen molar-refractivity contribution in [1.29, 1.82) is 0 Å². The molecule has 1 aliphatic rings. The van der Waals surface area contributed by atoms with E-state index in [4.69, 9.17) is 4.98 Å². The number of hydrogen-bond acceptors (Lipinski definition) is 4. The second-order valence-corrected chi connectivity index (χ2v) is 8.14. The lowest BCUT2D eigenvalue weighted by atomic mass is 10.1. The first-order valence-corrected chi connectivity index (χ1v) is 10.6. The highest BCUT2D eigenvalue weighted by molar-refractivity contribution is 6.05. The van der Waals surface area contributed by atoms with Crippen LogP contribution in [-0.4, -0.2) is 26.3 Å². The van der Waals surface area contributed by atoms with Crippen molar-refractivity contribution in [2.24, 2.45) is 0 Å². The third-order valence-corrected chi connectivity index (χ3v) is 5.79. The van der Waals surface area contributed by atoms with Gasteiger partial charge in [-0.2, -0.15) is 0 Å². The van der Waals surface area contributed by atoms with E-state index >= 15 is 0 Å². The van der Waals surface area contributed by atoms with Crippen molar-refractivity contribution in [3.05, 3.63) is 83.7 Å². The van der Waals surface area contributed by atoms with Crippen molar-refractivity contribution >= 4 is 34.5 Å². The predicted octanol–water partition coefficient (Wildman–Crippen LogP) is 4.16. The number of amides is 2. The quantitative estimate of drug-likeness (QED) is 0.521. The monoisotopic (exact) mass is 425 g/mol. The third kappa shape index (κ3) is 3.51. The zero-order valence-electron chi connectivity index (χ0n) is 17.9. The number of nitrogens with zero attached hydrogens (tertiary/aromatic N) is 4. The van der Waals surface area contributed by atoms with Gasteiger partial charge in [-0.05, 0) is 54.8 Å². The van der Waals surface area contributed by atoms with E-state index in [1.54, 1.807) is 17.3 Å². The molecule has 0 bridgehead atoms. The topological polar surface area (TPSA) is 80.1 Å². The minimum atomic E-state index is -0.654. The largest absolute Gasteiger partial charge is 0.326 e. The van der Waals surface area contributed by atoms with E-state index in [9.17, 15) is 9.59 Å². The van der Waals surface area contributed by atoms with E-state index in [0.717, 1.165) is 33.4 Å². The fraction of sp³-hybridized carbons (Fsp3) is 0.200. The number of nitrogens with one attached hydrogen (secondary N) is 1. The number of aryl methyl sites for hydroxylation is 2. The highest BCUT2D eigenvalue weighted by Gasteiger charge is 2.40. The fourth-order valence-electron chi connectivity index (χ4n) is 4.17. The normalized spacial score (nSPS) is 15.2. The van der Waals surface area contributed by atoms with Gasteiger partial charge in [-0.1, -0.05) is 30.3 Å². The Balaban J connectivity index is 1.48. The summed E-state index contributed by atoms with van der Waals surface area (Å²) < 4.78 is 1.89. The minimum absolute atomic E-state index is 0.0309. The highest BCUT2D eigenvalue weighted by atomic mass is 16.2. The minimum Gasteiger partial charge on any atom is -0.326 e. The Bertz CT molecular complexity index is 1330. The summed E-state index contributed by atoms with van der Waals surface area (Å²) in [6, 6.07) is 16.7. The molecule has 3 heterocycles. The van der Waals surface area contributed by atoms with Gasteiger partial charge in [-0.25, -0.2) is 4.98 Å². The number of imidazole rings is 1. The summed E-state index contributed by atoms with van der Waals surface area (Å²) >= 11 is 0. The molecule has 0 saturated carbocycles. The van der Waals surface area contributed by atoms with Crippen molar-refractivity contribution in [2.45, 2.75) is 32.9 Å². The molecule has 0 spiro atoms. The molecule has 1 unspecified atom stereocenters. The van der Waals surface area contributed by atoms with Crippen molar-refractivity contribution in [3.63, 3.8) is 0 Å². The molecule has 0 radical (unpaired) electrons. The summed E-state index contributed by atoms with van der Waals surface area (Å²) in [7, 11) is 0. The Morgan fingerprint density at radius 2 is 1.94 bits per heavy atom. The molecule has 7 heteroatoms. The molecule has 160 valence electrons. The number of carbonyl (C=O) groups is 2. The third-order valence-electron chi connectivity index (χ3n) is 5.79. The maximum Gasteiger partial charge on any atom is 0.253 e. The molecule has 5 rings (SSSR count). The van der Waals surface area contributed by atoms with E-state index in [-0.39, 0.29) is 18.2 Å². The van der Waals surface area contributed by atoms with Crippen molar-refractivity contribution < 1.29 is 9.59 Å². The molecule has 0 fully saturated rings. The van der Waals surface area contributed by atoms with Gasteiger partial charge >= 0.3 is 0 Å². The summed E-state index contributed by atoms with van der Waals surface area (Å²) in [5.74, 6) is 0.215. The molecule has 2 aromatic heterocycles. The molecule has 1 N–H and O–H groups in total. The van der Waals surface area contributed by atoms with E-state index in [1.807, 2.05) is 73.0 Å². The maximum absolute atomic E-state index is 13.4. The average Bonchev–Trinajstić information content (AvgIpc) is 3.28. The molecule has 1 aliphatic heterocycles. The van der Waals surface area contributed by atoms with E-state index in [0.29, 0.717) is 12.5 Å². The Morgan fingerprint density at radius 1 is 1.09 bits per heavy atom. The van der Waals surface area contributed by atoms with Crippen LogP contribution in [0.1, 0.15) is 29.2 Å². The van der Waals surface area contributed by atoms with Gasteiger partial charge in [0.05, 0.1) is 24.0 Å². The molecular weight excluding hydrogens is 402 g/mol. The number of benzene rings is 2. The van der Waals surface area contributed by atoms with E-state index in [1.165, 1.54) is 0 Å². The van der Waals surface area contributed by atoms with Crippen molar-refractivity contribution in [1.82, 2.24) is 14.5 Å². The SMILES string of the molecule is Cc1ccc(C)c(NC(=O)CC2C(=O)N(Cc3cccnc3)c3nc4ccccc4n32)c1. The van der Waals surface area contributed by atoms with Crippen LogP contribution in [0.3, 0.4) is 0 Å². The lowest BCUT2D eigenvalue weighted by Gasteiger charge is -2.16. The molecule has 32 heavy (non-hydrogen) atoms. The Morgan fingerprint density at radius 3 is 2.75 bits per heavy atom. The van der Waals surface area contributed by atoms with Crippen LogP contribution < -0.4 is 10.2 Å². The lowest BCUT2D eigenvalue weighted by molar-refractivity contribution is -0.124. The van der Waals surface area contributed by atoms with Crippen molar-refractivity contribution in [3.8, 4) is 0 Å². The number of carbonyl (C=O) groups excluding carboxylic acids is 2. The van der Waals surface area contributed by atoms with Crippen LogP contribution >= 0.6 is 0 Å². The lowest BCUT2D eigenvalue weighted by Crippen LogP contribution is -2.31. The van der Waals surface area contributed by atoms with Gasteiger partial charge in [0, 0.05) is 18.1 Å². The molecule has 2 aromatic carbocycles. The zero-order chi connectivity index (χ0) is 22.2. The molecule has 0 aliphatic carbocycles. The number of hydrogen-bond donors (Lipinski definition) is 1. The standard InChI is InChI=1S/C25H23N5O2/c1-16-9-10-17(2)20(12-16)27-23(31)13-22-24(32)29(15-18-6-5-11-26-14-18)25-28-19-7-3-4-8-21(19)30(22)25/h3-12,14,22H,13,15H2,1-2H3,(H,27,31). The van der Waals surface area contributed by atoms with Crippen LogP contribution in [0, 0.1) is 13.8 Å². The first kappa shape index (κ1) is 19.9. The predicted molar refractivity (Wildman–Crippen MR) is 123 cm³/mol. The first-order chi connectivity index (χ1) is 15.5. The van der Waals surface area contributed by atoms with Gasteiger partial charge in [0.25, 0.3) is 5.91 Å². The second kappa shape index (κ2) is 7.92. The van der Waals surface area contributed by atoms with Crippen LogP contribution in [0.4, 0.5) is 11.6 Å². The summed E-state index contributed by atoms with van der Waals surface area (Å²) in [6.45, 7) is 4.29. The first-order valence-electron chi connectivity index (χ1n) is 10.6. The summed E-state index contributed by atoms with van der Waals surface area (Å²) in [4.78, 5) is 36.9. The van der Waals surface area contributed by atoms with Crippen LogP contribution in [0.15, 0.2) is 67.0 Å². The van der Waals surface area contributed by atoms with Gasteiger partial charge in [-0.3, -0.25) is 24.0 Å². The average molecular weight is 425 g/mol. The highest BCUT2D eigenvalue weighted by Crippen LogP contribution is 2.37. The Kier molecular flexibility index (Phi) is 4.93. The van der Waals surface area contributed by atoms with Gasteiger partial charge < -0.3 is 5.32 Å². The molecule has 2 amide bonds. The van der Waals surface area contributed by atoms with Gasteiger partial charge in [-0.15, -0.1) is 0 Å². The van der Waals surface area contributed by atoms with Crippen LogP contribution in [0.2, 0.25) is 0 Å². The fourth-order valence-corrected chi connectivity index (χ4v) is 4.17. The molecule has 0 saturated heterocycles. The number of para-hydroxylation sites is 2.